The number of likely N-dealkylation sites (tertiary alicyclic amines) is 1. The molecule has 0 aliphatic carbocycles. The molecule has 2 N–H and O–H groups in total. The zero-order valence-electron chi connectivity index (χ0n) is 10.0. The fraction of sp³-hybridized carbons (Fsp3) is 0.909. The molecule has 1 aliphatic rings. The van der Waals surface area contributed by atoms with E-state index >= 15 is 0 Å². The number of hydrogen-bond donors (Lipinski definition) is 2. The Balaban J connectivity index is 2.85. The Hall–Kier alpha value is -0.610. The molecule has 4 nitrogen and oxygen atoms in total. The van der Waals surface area contributed by atoms with E-state index < -0.39 is 5.97 Å². The second kappa shape index (κ2) is 4.94. The average molecular weight is 214 g/mol. The van der Waals surface area contributed by atoms with Crippen LogP contribution in [0.5, 0.6) is 0 Å². The molecule has 3 atom stereocenters. The third-order valence-corrected chi connectivity index (χ3v) is 3.41. The second-order valence-corrected chi connectivity index (χ2v) is 4.53. The molecule has 0 aromatic heterocycles. The van der Waals surface area contributed by atoms with Crippen molar-refractivity contribution in [2.45, 2.75) is 45.3 Å². The molecule has 0 aromatic carbocycles. The number of hydrogen-bond acceptors (Lipinski definition) is 3. The second-order valence-electron chi connectivity index (χ2n) is 4.53. The number of nitrogens with zero attached hydrogens (tertiary/aromatic N) is 1. The highest BCUT2D eigenvalue weighted by Crippen LogP contribution is 2.27. The lowest BCUT2D eigenvalue weighted by Gasteiger charge is -2.30. The molecular weight excluding hydrogens is 192 g/mol. The number of likely N-dealkylation sites (N-methyl/N-ethyl adjacent to an activating group) is 1. The van der Waals surface area contributed by atoms with E-state index in [0.29, 0.717) is 18.6 Å². The summed E-state index contributed by atoms with van der Waals surface area (Å²) in [6.07, 6.45) is 0.994. The predicted molar refractivity (Wildman–Crippen MR) is 59.9 cm³/mol. The van der Waals surface area contributed by atoms with Crippen molar-refractivity contribution in [2.24, 2.45) is 5.92 Å². The standard InChI is InChI=1S/C11H22N2O2/c1-5-9-10(12-4)8(11(14)15)6-13(9)7(2)3/h7-10,12H,5-6H2,1-4H3,(H,14,15). The van der Waals surface area contributed by atoms with Crippen molar-refractivity contribution >= 4 is 5.97 Å². The summed E-state index contributed by atoms with van der Waals surface area (Å²) in [5.41, 5.74) is 0. The highest BCUT2D eigenvalue weighted by atomic mass is 16.4. The van der Waals surface area contributed by atoms with Gasteiger partial charge >= 0.3 is 5.97 Å². The van der Waals surface area contributed by atoms with Gasteiger partial charge in [-0.15, -0.1) is 0 Å². The Bertz CT molecular complexity index is 231. The Morgan fingerprint density at radius 2 is 2.20 bits per heavy atom. The van der Waals surface area contributed by atoms with Gasteiger partial charge in [0, 0.05) is 24.7 Å². The maximum Gasteiger partial charge on any atom is 0.309 e. The molecule has 1 rings (SSSR count). The first kappa shape index (κ1) is 12.5. The number of carbonyl (C=O) groups is 1. The van der Waals surface area contributed by atoms with Gasteiger partial charge in [0.05, 0.1) is 5.92 Å². The first-order chi connectivity index (χ1) is 7.02. The van der Waals surface area contributed by atoms with Gasteiger partial charge < -0.3 is 10.4 Å². The zero-order chi connectivity index (χ0) is 11.6. The molecule has 15 heavy (non-hydrogen) atoms. The molecule has 0 saturated carbocycles. The third-order valence-electron chi connectivity index (χ3n) is 3.41. The highest BCUT2D eigenvalue weighted by molar-refractivity contribution is 5.72. The van der Waals surface area contributed by atoms with Crippen LogP contribution in [0, 0.1) is 5.92 Å². The summed E-state index contributed by atoms with van der Waals surface area (Å²) in [6, 6.07) is 0.834. The summed E-state index contributed by atoms with van der Waals surface area (Å²) in [7, 11) is 1.85. The molecule has 1 heterocycles. The van der Waals surface area contributed by atoms with Crippen LogP contribution < -0.4 is 5.32 Å². The van der Waals surface area contributed by atoms with E-state index in [1.807, 2.05) is 7.05 Å². The largest absolute Gasteiger partial charge is 0.481 e. The van der Waals surface area contributed by atoms with E-state index in [1.54, 1.807) is 0 Å². The van der Waals surface area contributed by atoms with E-state index in [-0.39, 0.29) is 12.0 Å². The monoisotopic (exact) mass is 214 g/mol. The third kappa shape index (κ3) is 2.32. The van der Waals surface area contributed by atoms with Crippen LogP contribution in [0.4, 0.5) is 0 Å². The fourth-order valence-electron chi connectivity index (χ4n) is 2.66. The van der Waals surface area contributed by atoms with E-state index in [1.165, 1.54) is 0 Å². The van der Waals surface area contributed by atoms with Crippen molar-refractivity contribution in [1.29, 1.82) is 0 Å². The maximum absolute atomic E-state index is 11.1. The van der Waals surface area contributed by atoms with Crippen molar-refractivity contribution in [2.75, 3.05) is 13.6 Å². The molecule has 3 unspecified atom stereocenters. The topological polar surface area (TPSA) is 52.6 Å². The van der Waals surface area contributed by atoms with Gasteiger partial charge in [-0.1, -0.05) is 6.92 Å². The van der Waals surface area contributed by atoms with Gasteiger partial charge in [0.2, 0.25) is 0 Å². The number of rotatable bonds is 4. The minimum Gasteiger partial charge on any atom is -0.481 e. The van der Waals surface area contributed by atoms with Crippen molar-refractivity contribution in [3.8, 4) is 0 Å². The molecule has 1 fully saturated rings. The van der Waals surface area contributed by atoms with Gasteiger partial charge in [-0.05, 0) is 27.3 Å². The normalized spacial score (nSPS) is 32.5. The van der Waals surface area contributed by atoms with Crippen LogP contribution in [0.3, 0.4) is 0 Å². The van der Waals surface area contributed by atoms with Crippen LogP contribution >= 0.6 is 0 Å². The lowest BCUT2D eigenvalue weighted by molar-refractivity contribution is -0.141. The quantitative estimate of drug-likeness (QED) is 0.726. The smallest absolute Gasteiger partial charge is 0.309 e. The number of carboxylic acid groups (broad SMARTS) is 1. The Morgan fingerprint density at radius 1 is 1.60 bits per heavy atom. The van der Waals surface area contributed by atoms with Crippen molar-refractivity contribution in [3.05, 3.63) is 0 Å². The van der Waals surface area contributed by atoms with Crippen molar-refractivity contribution in [3.63, 3.8) is 0 Å². The number of aliphatic carboxylic acids is 1. The summed E-state index contributed by atoms with van der Waals surface area (Å²) in [5, 5.41) is 12.3. The molecule has 1 aliphatic heterocycles. The number of carboxylic acids is 1. The van der Waals surface area contributed by atoms with Gasteiger partial charge in [0.25, 0.3) is 0 Å². The van der Waals surface area contributed by atoms with Gasteiger partial charge in [-0.25, -0.2) is 0 Å². The minimum absolute atomic E-state index is 0.0786. The molecule has 0 aromatic rings. The summed E-state index contributed by atoms with van der Waals surface area (Å²) in [4.78, 5) is 13.4. The predicted octanol–water partition coefficient (Wildman–Crippen LogP) is 0.778. The molecular formula is C11H22N2O2. The lowest BCUT2D eigenvalue weighted by Crippen LogP contribution is -2.45. The molecule has 0 amide bonds. The molecule has 0 spiro atoms. The van der Waals surface area contributed by atoms with Gasteiger partial charge in [-0.2, -0.15) is 0 Å². The Labute approximate surface area is 91.6 Å². The number of nitrogens with one attached hydrogen (secondary N) is 1. The van der Waals surface area contributed by atoms with E-state index in [2.05, 4.69) is 31.0 Å². The summed E-state index contributed by atoms with van der Waals surface area (Å²) >= 11 is 0. The van der Waals surface area contributed by atoms with Crippen LogP contribution in [0.25, 0.3) is 0 Å². The van der Waals surface area contributed by atoms with Crippen LogP contribution in [0.15, 0.2) is 0 Å². The van der Waals surface area contributed by atoms with Crippen molar-refractivity contribution in [1.82, 2.24) is 10.2 Å². The Kier molecular flexibility index (Phi) is 4.11. The van der Waals surface area contributed by atoms with Crippen molar-refractivity contribution < 1.29 is 9.90 Å². The summed E-state index contributed by atoms with van der Waals surface area (Å²) < 4.78 is 0. The molecule has 0 radical (unpaired) electrons. The molecule has 4 heteroatoms. The van der Waals surface area contributed by atoms with E-state index in [9.17, 15) is 4.79 Å². The first-order valence-electron chi connectivity index (χ1n) is 5.68. The van der Waals surface area contributed by atoms with Gasteiger partial charge in [0.1, 0.15) is 0 Å². The fourth-order valence-corrected chi connectivity index (χ4v) is 2.66. The van der Waals surface area contributed by atoms with E-state index in [4.69, 9.17) is 5.11 Å². The van der Waals surface area contributed by atoms with Gasteiger partial charge in [-0.3, -0.25) is 9.69 Å². The van der Waals surface area contributed by atoms with E-state index in [0.717, 1.165) is 6.42 Å². The van der Waals surface area contributed by atoms with Crippen LogP contribution in [-0.4, -0.2) is 47.7 Å². The Morgan fingerprint density at radius 3 is 2.53 bits per heavy atom. The molecule has 1 saturated heterocycles. The summed E-state index contributed by atoms with van der Waals surface area (Å²) in [5.74, 6) is -0.960. The first-order valence-corrected chi connectivity index (χ1v) is 5.68. The molecule has 88 valence electrons. The zero-order valence-corrected chi connectivity index (χ0v) is 10.0. The van der Waals surface area contributed by atoms with Gasteiger partial charge in [0.15, 0.2) is 0 Å². The van der Waals surface area contributed by atoms with Crippen LogP contribution in [-0.2, 0) is 4.79 Å². The maximum atomic E-state index is 11.1. The highest BCUT2D eigenvalue weighted by Gasteiger charge is 2.44. The summed E-state index contributed by atoms with van der Waals surface area (Å²) in [6.45, 7) is 7.03. The average Bonchev–Trinajstić information content (AvgIpc) is 2.55. The minimum atomic E-state index is -0.684. The van der Waals surface area contributed by atoms with Crippen LogP contribution in [0.2, 0.25) is 0 Å². The lowest BCUT2D eigenvalue weighted by atomic mass is 9.97. The molecule has 0 bridgehead atoms. The van der Waals surface area contributed by atoms with Crippen LogP contribution in [0.1, 0.15) is 27.2 Å². The SMILES string of the molecule is CCC1C(NC)C(C(=O)O)CN1C(C)C.